The molecule has 0 spiro atoms. The molecular formula is C17H26BrN3O2. The van der Waals surface area contributed by atoms with Gasteiger partial charge in [-0.15, -0.1) is 0 Å². The number of nitrogens with zero attached hydrogens (tertiary/aromatic N) is 1. The average Bonchev–Trinajstić information content (AvgIpc) is 2.56. The molecule has 1 atom stereocenters. The van der Waals surface area contributed by atoms with Crippen molar-refractivity contribution in [2.75, 3.05) is 12.4 Å². The summed E-state index contributed by atoms with van der Waals surface area (Å²) in [5, 5.41) is 3.48. The lowest BCUT2D eigenvalue weighted by atomic mass is 9.78. The summed E-state index contributed by atoms with van der Waals surface area (Å²) >= 11 is 3.46. The first-order valence-electron chi connectivity index (χ1n) is 8.27. The van der Waals surface area contributed by atoms with E-state index in [9.17, 15) is 4.79 Å². The zero-order chi connectivity index (χ0) is 17.0. The highest BCUT2D eigenvalue weighted by molar-refractivity contribution is 9.10. The van der Waals surface area contributed by atoms with Crippen molar-refractivity contribution in [1.82, 2.24) is 4.98 Å². The Kier molecular flexibility index (Phi) is 6.27. The van der Waals surface area contributed by atoms with Gasteiger partial charge in [0.1, 0.15) is 11.4 Å². The van der Waals surface area contributed by atoms with Gasteiger partial charge in [-0.3, -0.25) is 4.79 Å². The molecule has 1 fully saturated rings. The zero-order valence-electron chi connectivity index (χ0n) is 14.1. The normalized spacial score (nSPS) is 22.4. The minimum absolute atomic E-state index is 0.261. The topological polar surface area (TPSA) is 77.2 Å². The molecule has 2 rings (SSSR count). The molecule has 1 unspecified atom stereocenters. The predicted octanol–water partition coefficient (Wildman–Crippen LogP) is 3.97. The fourth-order valence-corrected chi connectivity index (χ4v) is 3.70. The zero-order valence-corrected chi connectivity index (χ0v) is 15.6. The summed E-state index contributed by atoms with van der Waals surface area (Å²) in [6.07, 6.45) is 6.04. The van der Waals surface area contributed by atoms with Crippen molar-refractivity contribution in [1.29, 1.82) is 0 Å². The maximum absolute atomic E-state index is 11.4. The molecule has 1 aromatic rings. The number of nitrogens with two attached hydrogens (primary N) is 1. The molecule has 23 heavy (non-hydrogen) atoms. The van der Waals surface area contributed by atoms with Crippen molar-refractivity contribution in [2.24, 2.45) is 17.6 Å². The Morgan fingerprint density at radius 1 is 1.48 bits per heavy atom. The minimum Gasteiger partial charge on any atom is -0.480 e. The molecule has 3 N–H and O–H groups in total. The summed E-state index contributed by atoms with van der Waals surface area (Å²) in [4.78, 5) is 15.8. The number of pyridine rings is 1. The lowest BCUT2D eigenvalue weighted by molar-refractivity contribution is 0.0996. The maximum atomic E-state index is 11.4. The van der Waals surface area contributed by atoms with Crippen molar-refractivity contribution in [3.63, 3.8) is 0 Å². The Hall–Kier alpha value is -1.30. The van der Waals surface area contributed by atoms with E-state index in [1.54, 1.807) is 6.07 Å². The summed E-state index contributed by atoms with van der Waals surface area (Å²) in [7, 11) is 1.49. The molecule has 6 heteroatoms. The van der Waals surface area contributed by atoms with Gasteiger partial charge in [-0.05, 0) is 59.5 Å². The van der Waals surface area contributed by atoms with Crippen molar-refractivity contribution >= 4 is 27.7 Å². The number of halogens is 1. The summed E-state index contributed by atoms with van der Waals surface area (Å²) in [6.45, 7) is 4.62. The summed E-state index contributed by atoms with van der Waals surface area (Å²) in [6, 6.07) is 2.07. The lowest BCUT2D eigenvalue weighted by Crippen LogP contribution is -2.29. The predicted molar refractivity (Wildman–Crippen MR) is 95.8 cm³/mol. The van der Waals surface area contributed by atoms with E-state index in [4.69, 9.17) is 10.5 Å². The van der Waals surface area contributed by atoms with Crippen LogP contribution in [0.4, 0.5) is 5.82 Å². The highest BCUT2D eigenvalue weighted by atomic mass is 79.9. The van der Waals surface area contributed by atoms with Crippen LogP contribution in [0.15, 0.2) is 10.5 Å². The number of hydrogen-bond donors (Lipinski definition) is 2. The Morgan fingerprint density at radius 3 is 2.65 bits per heavy atom. The van der Waals surface area contributed by atoms with Gasteiger partial charge in [0, 0.05) is 6.04 Å². The smallest absolute Gasteiger partial charge is 0.254 e. The van der Waals surface area contributed by atoms with Gasteiger partial charge in [0.25, 0.3) is 5.91 Å². The first kappa shape index (κ1) is 18.0. The van der Waals surface area contributed by atoms with Gasteiger partial charge < -0.3 is 15.8 Å². The summed E-state index contributed by atoms with van der Waals surface area (Å²) in [5.74, 6) is 2.06. The van der Waals surface area contributed by atoms with Gasteiger partial charge in [-0.1, -0.05) is 20.3 Å². The van der Waals surface area contributed by atoms with Crippen LogP contribution in [0.3, 0.4) is 0 Å². The SMILES string of the molecule is CCC(C)C1CCC(Nc2nc(OC)c(C(N)=O)cc2Br)CC1. The second-order valence-electron chi connectivity index (χ2n) is 6.38. The van der Waals surface area contributed by atoms with E-state index in [-0.39, 0.29) is 11.4 Å². The molecule has 128 valence electrons. The number of primary amides is 1. The Bertz CT molecular complexity index is 557. The molecule has 1 saturated carbocycles. The highest BCUT2D eigenvalue weighted by Gasteiger charge is 2.25. The van der Waals surface area contributed by atoms with Crippen LogP contribution < -0.4 is 15.8 Å². The van der Waals surface area contributed by atoms with E-state index in [0.717, 1.165) is 29.2 Å². The third kappa shape index (κ3) is 4.37. The van der Waals surface area contributed by atoms with Crippen LogP contribution in [0.25, 0.3) is 0 Å². The molecule has 1 aliphatic carbocycles. The molecule has 0 aliphatic heterocycles. The number of methoxy groups -OCH3 is 1. The molecule has 0 radical (unpaired) electrons. The van der Waals surface area contributed by atoms with Crippen LogP contribution in [0.2, 0.25) is 0 Å². The fraction of sp³-hybridized carbons (Fsp3) is 0.647. The molecule has 0 saturated heterocycles. The monoisotopic (exact) mass is 383 g/mol. The van der Waals surface area contributed by atoms with Gasteiger partial charge >= 0.3 is 0 Å². The van der Waals surface area contributed by atoms with Crippen LogP contribution in [0.1, 0.15) is 56.3 Å². The van der Waals surface area contributed by atoms with Gasteiger partial charge in [0.05, 0.1) is 11.6 Å². The molecule has 1 aliphatic rings. The number of amides is 1. The Labute approximate surface area is 146 Å². The summed E-state index contributed by atoms with van der Waals surface area (Å²) < 4.78 is 5.91. The van der Waals surface area contributed by atoms with Crippen LogP contribution in [-0.2, 0) is 0 Å². The Morgan fingerprint density at radius 2 is 2.13 bits per heavy atom. The first-order valence-corrected chi connectivity index (χ1v) is 9.06. The minimum atomic E-state index is -0.546. The van der Waals surface area contributed by atoms with E-state index in [0.29, 0.717) is 11.9 Å². The number of ether oxygens (including phenoxy) is 1. The van der Waals surface area contributed by atoms with Crippen molar-refractivity contribution < 1.29 is 9.53 Å². The molecule has 0 bridgehead atoms. The van der Waals surface area contributed by atoms with Crippen LogP contribution in [-0.4, -0.2) is 24.0 Å². The molecular weight excluding hydrogens is 358 g/mol. The number of rotatable bonds is 6. The van der Waals surface area contributed by atoms with Gasteiger partial charge in [0.2, 0.25) is 5.88 Å². The highest BCUT2D eigenvalue weighted by Crippen LogP contribution is 2.34. The molecule has 1 aromatic heterocycles. The second kappa shape index (κ2) is 7.99. The largest absolute Gasteiger partial charge is 0.480 e. The van der Waals surface area contributed by atoms with Gasteiger partial charge in [-0.2, -0.15) is 4.98 Å². The van der Waals surface area contributed by atoms with E-state index in [1.807, 2.05) is 0 Å². The molecule has 0 aromatic carbocycles. The van der Waals surface area contributed by atoms with Gasteiger partial charge in [-0.25, -0.2) is 0 Å². The average molecular weight is 384 g/mol. The Balaban J connectivity index is 2.05. The third-order valence-electron chi connectivity index (χ3n) is 4.96. The molecule has 1 heterocycles. The molecule has 5 nitrogen and oxygen atoms in total. The number of hydrogen-bond acceptors (Lipinski definition) is 4. The number of carbonyl (C=O) groups is 1. The number of carbonyl (C=O) groups excluding carboxylic acids is 1. The van der Waals surface area contributed by atoms with Crippen molar-refractivity contribution in [3.8, 4) is 5.88 Å². The number of aromatic nitrogens is 1. The number of anilines is 1. The van der Waals surface area contributed by atoms with E-state index >= 15 is 0 Å². The van der Waals surface area contributed by atoms with E-state index < -0.39 is 5.91 Å². The maximum Gasteiger partial charge on any atom is 0.254 e. The van der Waals surface area contributed by atoms with Crippen LogP contribution >= 0.6 is 15.9 Å². The van der Waals surface area contributed by atoms with Crippen molar-refractivity contribution in [3.05, 3.63) is 16.1 Å². The first-order chi connectivity index (χ1) is 11.0. The van der Waals surface area contributed by atoms with Crippen molar-refractivity contribution in [2.45, 2.75) is 52.0 Å². The quantitative estimate of drug-likeness (QED) is 0.778. The fourth-order valence-electron chi connectivity index (χ4n) is 3.26. The van der Waals surface area contributed by atoms with Gasteiger partial charge in [0.15, 0.2) is 0 Å². The second-order valence-corrected chi connectivity index (χ2v) is 7.24. The van der Waals surface area contributed by atoms with E-state index in [2.05, 4.69) is 40.1 Å². The number of nitrogens with one attached hydrogen (secondary N) is 1. The van der Waals surface area contributed by atoms with Crippen LogP contribution in [0.5, 0.6) is 5.88 Å². The van der Waals surface area contributed by atoms with Crippen LogP contribution in [0, 0.1) is 11.8 Å². The standard InChI is InChI=1S/C17H26BrN3O2/c1-4-10(2)11-5-7-12(8-6-11)20-16-14(18)9-13(15(19)22)17(21-16)23-3/h9-12H,4-8H2,1-3H3,(H2,19,22)(H,20,21). The molecule has 1 amide bonds. The third-order valence-corrected chi connectivity index (χ3v) is 5.57. The summed E-state index contributed by atoms with van der Waals surface area (Å²) in [5.41, 5.74) is 5.63. The van der Waals surface area contributed by atoms with E-state index in [1.165, 1.54) is 26.4 Å². The lowest BCUT2D eigenvalue weighted by Gasteiger charge is -2.32.